The highest BCUT2D eigenvalue weighted by Crippen LogP contribution is 2.33. The molecule has 0 amide bonds. The van der Waals surface area contributed by atoms with E-state index in [4.69, 9.17) is 0 Å². The highest BCUT2D eigenvalue weighted by Gasteiger charge is 2.34. The Morgan fingerprint density at radius 3 is 2.45 bits per heavy atom. The second-order valence-corrected chi connectivity index (χ2v) is 8.54. The van der Waals surface area contributed by atoms with E-state index in [1.807, 2.05) is 18.4 Å². The molecule has 0 saturated carbocycles. The van der Waals surface area contributed by atoms with Crippen LogP contribution in [0.15, 0.2) is 53.7 Å². The van der Waals surface area contributed by atoms with Crippen LogP contribution in [0.5, 0.6) is 5.75 Å². The molecule has 3 aromatic rings. The van der Waals surface area contributed by atoms with E-state index in [0.29, 0.717) is 32.4 Å². The van der Waals surface area contributed by atoms with Gasteiger partial charge in [-0.3, -0.25) is 0 Å². The summed E-state index contributed by atoms with van der Waals surface area (Å²) in [6, 6.07) is 11.8. The number of hydrogen-bond donors (Lipinski definition) is 1. The first-order valence-electron chi connectivity index (χ1n) is 9.85. The summed E-state index contributed by atoms with van der Waals surface area (Å²) >= 11 is 1.66. The molecular weight excluding hydrogens is 427 g/mol. The molecule has 9 heteroatoms. The van der Waals surface area contributed by atoms with E-state index in [0.717, 1.165) is 27.2 Å². The maximum atomic E-state index is 12.3. The molecule has 0 unspecified atom stereocenters. The second kappa shape index (κ2) is 8.55. The number of aliphatic hydroxyl groups is 1. The lowest BCUT2D eigenvalue weighted by atomic mass is 9.85. The van der Waals surface area contributed by atoms with Crippen molar-refractivity contribution < 1.29 is 23.0 Å². The van der Waals surface area contributed by atoms with Gasteiger partial charge in [-0.1, -0.05) is 12.1 Å². The van der Waals surface area contributed by atoms with E-state index in [-0.39, 0.29) is 5.75 Å². The molecule has 0 spiro atoms. The van der Waals surface area contributed by atoms with Gasteiger partial charge in [0.15, 0.2) is 0 Å². The molecule has 0 aliphatic carbocycles. The van der Waals surface area contributed by atoms with Crippen molar-refractivity contribution in [3.05, 3.63) is 54.4 Å². The van der Waals surface area contributed by atoms with Crippen LogP contribution in [0, 0.1) is 0 Å². The molecule has 2 aromatic carbocycles. The maximum Gasteiger partial charge on any atom is 0.573 e. The fourth-order valence-electron chi connectivity index (χ4n) is 3.90. The average Bonchev–Trinajstić information content (AvgIpc) is 2.74. The van der Waals surface area contributed by atoms with Gasteiger partial charge in [-0.2, -0.15) is 0 Å². The van der Waals surface area contributed by atoms with Crippen LogP contribution in [0.2, 0.25) is 0 Å². The normalized spacial score (nSPS) is 16.5. The average molecular weight is 449 g/mol. The first-order chi connectivity index (χ1) is 14.7. The fraction of sp³-hybridized carbons (Fsp3) is 0.364. The molecule has 1 saturated heterocycles. The predicted molar refractivity (Wildman–Crippen MR) is 115 cm³/mol. The van der Waals surface area contributed by atoms with E-state index in [2.05, 4.69) is 25.7 Å². The highest BCUT2D eigenvalue weighted by molar-refractivity contribution is 7.98. The molecule has 0 bridgehead atoms. The summed E-state index contributed by atoms with van der Waals surface area (Å²) in [5, 5.41) is 12.1. The summed E-state index contributed by atoms with van der Waals surface area (Å²) in [5.74, 6) is 0.593. The van der Waals surface area contributed by atoms with E-state index in [1.54, 1.807) is 30.2 Å². The minimum absolute atomic E-state index is 0.265. The second-order valence-electron chi connectivity index (χ2n) is 7.66. The van der Waals surface area contributed by atoms with Crippen molar-refractivity contribution in [1.29, 1.82) is 0 Å². The number of piperidine rings is 1. The third-order valence-corrected chi connectivity index (χ3v) is 6.23. The molecule has 4 rings (SSSR count). The van der Waals surface area contributed by atoms with Crippen molar-refractivity contribution in [2.24, 2.45) is 0 Å². The number of ether oxygens (including phenoxy) is 1. The molecule has 1 fully saturated rings. The van der Waals surface area contributed by atoms with Gasteiger partial charge in [-0.25, -0.2) is 9.97 Å². The molecule has 1 aliphatic heterocycles. The Kier molecular flexibility index (Phi) is 5.98. The molecule has 0 atom stereocenters. The summed E-state index contributed by atoms with van der Waals surface area (Å²) in [7, 11) is 0. The van der Waals surface area contributed by atoms with Crippen LogP contribution in [-0.2, 0) is 6.42 Å². The van der Waals surface area contributed by atoms with E-state index < -0.39 is 12.0 Å². The molecule has 1 aliphatic rings. The third-order valence-electron chi connectivity index (χ3n) is 5.51. The Bertz CT molecular complexity index is 1050. The Balaban J connectivity index is 1.44. The van der Waals surface area contributed by atoms with Crippen LogP contribution in [0.3, 0.4) is 0 Å². The van der Waals surface area contributed by atoms with E-state index in [9.17, 15) is 18.3 Å². The number of benzene rings is 2. The summed E-state index contributed by atoms with van der Waals surface area (Å²) in [6.45, 7) is 1.25. The molecule has 5 nitrogen and oxygen atoms in total. The highest BCUT2D eigenvalue weighted by atomic mass is 32.2. The lowest BCUT2D eigenvalue weighted by Gasteiger charge is -2.39. The monoisotopic (exact) mass is 449 g/mol. The smallest absolute Gasteiger partial charge is 0.406 e. The SMILES string of the molecule is CSc1ccc2ncnc(N3CCC(O)(Cc4ccc(OC(F)(F)F)cc4)CC3)c2c1. The topological polar surface area (TPSA) is 58.5 Å². The van der Waals surface area contributed by atoms with Crippen molar-refractivity contribution in [2.75, 3.05) is 24.2 Å². The van der Waals surface area contributed by atoms with Crippen LogP contribution in [0.4, 0.5) is 19.0 Å². The van der Waals surface area contributed by atoms with E-state index >= 15 is 0 Å². The molecule has 1 N–H and O–H groups in total. The minimum atomic E-state index is -4.71. The van der Waals surface area contributed by atoms with Crippen molar-refractivity contribution in [1.82, 2.24) is 9.97 Å². The van der Waals surface area contributed by atoms with Gasteiger partial charge in [0, 0.05) is 29.8 Å². The van der Waals surface area contributed by atoms with Crippen molar-refractivity contribution in [2.45, 2.75) is 36.1 Å². The van der Waals surface area contributed by atoms with Gasteiger partial charge in [-0.05, 0) is 55.0 Å². The van der Waals surface area contributed by atoms with Crippen LogP contribution < -0.4 is 9.64 Å². The summed E-state index contributed by atoms with van der Waals surface area (Å²) in [5.41, 5.74) is 0.725. The Labute approximate surface area is 182 Å². The van der Waals surface area contributed by atoms with Crippen LogP contribution >= 0.6 is 11.8 Å². The number of hydrogen-bond acceptors (Lipinski definition) is 6. The molecule has 164 valence electrons. The summed E-state index contributed by atoms with van der Waals surface area (Å²) < 4.78 is 40.8. The Morgan fingerprint density at radius 1 is 1.10 bits per heavy atom. The van der Waals surface area contributed by atoms with Gasteiger partial charge in [0.25, 0.3) is 0 Å². The quantitative estimate of drug-likeness (QED) is 0.564. The third kappa shape index (κ3) is 5.22. The van der Waals surface area contributed by atoms with Crippen LogP contribution in [0.1, 0.15) is 18.4 Å². The molecule has 1 aromatic heterocycles. The van der Waals surface area contributed by atoms with Gasteiger partial charge in [0.2, 0.25) is 0 Å². The molecule has 2 heterocycles. The van der Waals surface area contributed by atoms with E-state index in [1.165, 1.54) is 12.1 Å². The van der Waals surface area contributed by atoms with Crippen LogP contribution in [-0.4, -0.2) is 46.4 Å². The van der Waals surface area contributed by atoms with Gasteiger partial charge in [0.1, 0.15) is 17.9 Å². The van der Waals surface area contributed by atoms with Gasteiger partial charge in [-0.15, -0.1) is 24.9 Å². The zero-order chi connectivity index (χ0) is 22.1. The standard InChI is InChI=1S/C22H22F3N3O2S/c1-31-17-6-7-19-18(12-17)20(27-14-26-19)28-10-8-21(29,9-11-28)13-15-2-4-16(5-3-15)30-22(23,24)25/h2-7,12,14,29H,8-11,13H2,1H3. The van der Waals surface area contributed by atoms with Crippen LogP contribution in [0.25, 0.3) is 10.9 Å². The van der Waals surface area contributed by atoms with Crippen molar-refractivity contribution in [3.63, 3.8) is 0 Å². The zero-order valence-corrected chi connectivity index (χ0v) is 17.7. The first kappa shape index (κ1) is 21.7. The number of rotatable bonds is 5. The Morgan fingerprint density at radius 2 is 1.81 bits per heavy atom. The summed E-state index contributed by atoms with van der Waals surface area (Å²) in [4.78, 5) is 12.1. The lowest BCUT2D eigenvalue weighted by molar-refractivity contribution is -0.274. The maximum absolute atomic E-state index is 12.3. The largest absolute Gasteiger partial charge is 0.573 e. The number of nitrogens with zero attached hydrogens (tertiary/aromatic N) is 3. The zero-order valence-electron chi connectivity index (χ0n) is 16.9. The number of fused-ring (bicyclic) bond motifs is 1. The Hall–Kier alpha value is -2.52. The van der Waals surface area contributed by atoms with Gasteiger partial charge < -0.3 is 14.7 Å². The lowest BCUT2D eigenvalue weighted by Crippen LogP contribution is -2.46. The number of aromatic nitrogens is 2. The minimum Gasteiger partial charge on any atom is -0.406 e. The first-order valence-corrected chi connectivity index (χ1v) is 11.1. The van der Waals surface area contributed by atoms with Gasteiger partial charge >= 0.3 is 6.36 Å². The molecule has 0 radical (unpaired) electrons. The molecule has 31 heavy (non-hydrogen) atoms. The number of thioether (sulfide) groups is 1. The fourth-order valence-corrected chi connectivity index (χ4v) is 4.34. The number of halogens is 3. The number of anilines is 1. The molecular formula is C22H22F3N3O2S. The predicted octanol–water partition coefficient (Wildman–Crippen LogP) is 4.82. The van der Waals surface area contributed by atoms with Gasteiger partial charge in [0.05, 0.1) is 11.1 Å². The number of alkyl halides is 3. The van der Waals surface area contributed by atoms with Crippen molar-refractivity contribution >= 4 is 28.5 Å². The van der Waals surface area contributed by atoms with Crippen molar-refractivity contribution in [3.8, 4) is 5.75 Å². The summed E-state index contributed by atoms with van der Waals surface area (Å²) in [6.07, 6.45) is 0.293.